The summed E-state index contributed by atoms with van der Waals surface area (Å²) in [6.07, 6.45) is 1.83. The number of nitrogens with zero attached hydrogens (tertiary/aromatic N) is 3. The van der Waals surface area contributed by atoms with E-state index in [4.69, 9.17) is 9.84 Å². The van der Waals surface area contributed by atoms with Gasteiger partial charge in [0.25, 0.3) is 0 Å². The average molecular weight is 360 g/mol. The molecule has 7 nitrogen and oxygen atoms in total. The highest BCUT2D eigenvalue weighted by Crippen LogP contribution is 2.26. The van der Waals surface area contributed by atoms with Gasteiger partial charge in [-0.05, 0) is 54.1 Å². The molecule has 0 spiro atoms. The van der Waals surface area contributed by atoms with Crippen LogP contribution in [0.4, 0.5) is 11.6 Å². The largest absolute Gasteiger partial charge is 0.497 e. The molecule has 0 aliphatic carbocycles. The van der Waals surface area contributed by atoms with Crippen LogP contribution in [0, 0.1) is 0 Å². The third-order valence-corrected chi connectivity index (χ3v) is 4.15. The minimum Gasteiger partial charge on any atom is -0.497 e. The first-order valence-electron chi connectivity index (χ1n) is 8.24. The molecule has 4 rings (SSSR count). The van der Waals surface area contributed by atoms with Gasteiger partial charge in [-0.2, -0.15) is 4.98 Å². The number of aromatic nitrogens is 3. The molecule has 2 N–H and O–H groups in total. The Hall–Kier alpha value is -3.87. The van der Waals surface area contributed by atoms with Crippen LogP contribution in [-0.2, 0) is 0 Å². The Morgan fingerprint density at radius 2 is 1.81 bits per heavy atom. The second kappa shape index (κ2) is 6.80. The summed E-state index contributed by atoms with van der Waals surface area (Å²) in [7, 11) is 1.63. The number of nitrogens with one attached hydrogen (secondary N) is 1. The summed E-state index contributed by atoms with van der Waals surface area (Å²) in [5, 5.41) is 16.5. The minimum absolute atomic E-state index is 0.227. The van der Waals surface area contributed by atoms with Gasteiger partial charge < -0.3 is 15.2 Å². The second-order valence-electron chi connectivity index (χ2n) is 5.86. The van der Waals surface area contributed by atoms with Crippen molar-refractivity contribution < 1.29 is 14.6 Å². The smallest absolute Gasteiger partial charge is 0.335 e. The van der Waals surface area contributed by atoms with Gasteiger partial charge in [0.2, 0.25) is 5.95 Å². The number of fused-ring (bicyclic) bond motifs is 1. The number of ether oxygens (including phenoxy) is 1. The van der Waals surface area contributed by atoms with E-state index in [1.165, 1.54) is 12.1 Å². The number of carboxylic acid groups (broad SMARTS) is 1. The fourth-order valence-electron chi connectivity index (χ4n) is 2.78. The number of carboxylic acids is 1. The molecule has 0 bridgehead atoms. The number of hydrogen-bond donors (Lipinski definition) is 2. The summed E-state index contributed by atoms with van der Waals surface area (Å²) in [6, 6.07) is 18.1. The highest BCUT2D eigenvalue weighted by Gasteiger charge is 2.10. The van der Waals surface area contributed by atoms with E-state index >= 15 is 0 Å². The molecule has 134 valence electrons. The summed E-state index contributed by atoms with van der Waals surface area (Å²) in [5.74, 6) is 0.259. The zero-order valence-electron chi connectivity index (χ0n) is 14.5. The van der Waals surface area contributed by atoms with Crippen LogP contribution in [0.25, 0.3) is 16.8 Å². The van der Waals surface area contributed by atoms with E-state index in [0.29, 0.717) is 17.3 Å². The molecule has 0 radical (unpaired) electrons. The summed E-state index contributed by atoms with van der Waals surface area (Å²) in [5.41, 5.74) is 3.60. The molecule has 0 atom stereocenters. The quantitative estimate of drug-likeness (QED) is 0.562. The summed E-state index contributed by atoms with van der Waals surface area (Å²) in [6.45, 7) is 0. The highest BCUT2D eigenvalue weighted by molar-refractivity contribution is 5.88. The molecule has 0 saturated carbocycles. The van der Waals surface area contributed by atoms with E-state index in [0.717, 1.165) is 16.9 Å². The first kappa shape index (κ1) is 16.6. The first-order chi connectivity index (χ1) is 13.1. The lowest BCUT2D eigenvalue weighted by Gasteiger charge is -2.04. The van der Waals surface area contributed by atoms with E-state index < -0.39 is 5.97 Å². The number of benzene rings is 2. The first-order valence-corrected chi connectivity index (χ1v) is 8.24. The fourth-order valence-corrected chi connectivity index (χ4v) is 2.78. The maximum Gasteiger partial charge on any atom is 0.335 e. The van der Waals surface area contributed by atoms with E-state index in [-0.39, 0.29) is 5.56 Å². The topological polar surface area (TPSA) is 88.8 Å². The molecule has 0 aliphatic rings. The van der Waals surface area contributed by atoms with Gasteiger partial charge in [0.05, 0.1) is 12.7 Å². The van der Waals surface area contributed by atoms with Gasteiger partial charge >= 0.3 is 5.97 Å². The van der Waals surface area contributed by atoms with Crippen LogP contribution in [0.1, 0.15) is 10.4 Å². The molecule has 0 amide bonds. The normalized spacial score (nSPS) is 10.7. The third-order valence-electron chi connectivity index (χ3n) is 4.15. The number of anilines is 2. The Morgan fingerprint density at radius 3 is 2.48 bits per heavy atom. The van der Waals surface area contributed by atoms with Crippen LogP contribution >= 0.6 is 0 Å². The highest BCUT2D eigenvalue weighted by atomic mass is 16.5. The minimum atomic E-state index is -0.962. The number of hydrogen-bond acceptors (Lipinski definition) is 5. The van der Waals surface area contributed by atoms with Gasteiger partial charge in [-0.25, -0.2) is 9.31 Å². The van der Waals surface area contributed by atoms with Crippen LogP contribution < -0.4 is 10.1 Å². The zero-order valence-corrected chi connectivity index (χ0v) is 14.5. The van der Waals surface area contributed by atoms with Gasteiger partial charge in [-0.15, -0.1) is 5.10 Å². The Labute approximate surface area is 154 Å². The predicted molar refractivity (Wildman–Crippen MR) is 102 cm³/mol. The van der Waals surface area contributed by atoms with E-state index in [1.54, 1.807) is 23.8 Å². The van der Waals surface area contributed by atoms with Crippen LogP contribution in [-0.4, -0.2) is 32.8 Å². The fraction of sp³-hybridized carbons (Fsp3) is 0.0500. The Morgan fingerprint density at radius 1 is 1.07 bits per heavy atom. The standard InChI is InChI=1S/C20H16N4O3/c1-27-16-10-6-13(7-11-16)17-3-2-12-24-18(17)22-20(23-24)21-15-8-4-14(5-9-15)19(25)26/h2-12H,1H3,(H,21,23)(H,25,26). The third kappa shape index (κ3) is 3.30. The molecule has 0 unspecified atom stereocenters. The van der Waals surface area contributed by atoms with Gasteiger partial charge in [0, 0.05) is 17.4 Å². The molecule has 2 aromatic carbocycles. The van der Waals surface area contributed by atoms with Crippen molar-refractivity contribution in [1.82, 2.24) is 14.6 Å². The number of pyridine rings is 1. The summed E-state index contributed by atoms with van der Waals surface area (Å²) >= 11 is 0. The monoisotopic (exact) mass is 360 g/mol. The van der Waals surface area contributed by atoms with Crippen molar-refractivity contribution in [3.05, 3.63) is 72.4 Å². The van der Waals surface area contributed by atoms with Crippen molar-refractivity contribution in [2.45, 2.75) is 0 Å². The lowest BCUT2D eigenvalue weighted by Crippen LogP contribution is -1.97. The van der Waals surface area contributed by atoms with Gasteiger partial charge in [-0.1, -0.05) is 12.1 Å². The Kier molecular flexibility index (Phi) is 4.18. The molecule has 0 fully saturated rings. The summed E-state index contributed by atoms with van der Waals surface area (Å²) < 4.78 is 6.91. The maximum absolute atomic E-state index is 10.9. The van der Waals surface area contributed by atoms with Gasteiger partial charge in [-0.3, -0.25) is 0 Å². The van der Waals surface area contributed by atoms with Crippen molar-refractivity contribution in [2.24, 2.45) is 0 Å². The predicted octanol–water partition coefficient (Wildman–Crippen LogP) is 3.85. The summed E-state index contributed by atoms with van der Waals surface area (Å²) in [4.78, 5) is 15.5. The number of rotatable bonds is 5. The van der Waals surface area contributed by atoms with Gasteiger partial charge in [0.1, 0.15) is 5.75 Å². The maximum atomic E-state index is 10.9. The molecule has 27 heavy (non-hydrogen) atoms. The average Bonchev–Trinajstić information content (AvgIpc) is 3.11. The molecular weight excluding hydrogens is 344 g/mol. The zero-order chi connectivity index (χ0) is 18.8. The number of carbonyl (C=O) groups is 1. The van der Waals surface area contributed by atoms with Crippen molar-refractivity contribution >= 4 is 23.3 Å². The molecule has 4 aromatic rings. The van der Waals surface area contributed by atoms with Crippen LogP contribution in [0.3, 0.4) is 0 Å². The SMILES string of the molecule is COc1ccc(-c2cccn3nc(Nc4ccc(C(=O)O)cc4)nc23)cc1. The van der Waals surface area contributed by atoms with E-state index in [2.05, 4.69) is 15.4 Å². The van der Waals surface area contributed by atoms with Gasteiger partial charge in [0.15, 0.2) is 5.65 Å². The molecule has 2 heterocycles. The molecule has 0 saturated heterocycles. The molecular formula is C20H16N4O3. The lowest BCUT2D eigenvalue weighted by atomic mass is 10.1. The molecule has 7 heteroatoms. The van der Waals surface area contributed by atoms with Crippen molar-refractivity contribution in [3.63, 3.8) is 0 Å². The Bertz CT molecular complexity index is 1100. The van der Waals surface area contributed by atoms with Crippen LogP contribution in [0.5, 0.6) is 5.75 Å². The Balaban J connectivity index is 1.66. The van der Waals surface area contributed by atoms with Crippen LogP contribution in [0.15, 0.2) is 66.9 Å². The van der Waals surface area contributed by atoms with Crippen molar-refractivity contribution in [2.75, 3.05) is 12.4 Å². The molecule has 0 aliphatic heterocycles. The van der Waals surface area contributed by atoms with E-state index in [9.17, 15) is 4.79 Å². The van der Waals surface area contributed by atoms with E-state index in [1.807, 2.05) is 42.6 Å². The second-order valence-corrected chi connectivity index (χ2v) is 5.86. The van der Waals surface area contributed by atoms with Crippen molar-refractivity contribution in [1.29, 1.82) is 0 Å². The molecule has 2 aromatic heterocycles. The van der Waals surface area contributed by atoms with Crippen LogP contribution in [0.2, 0.25) is 0 Å². The van der Waals surface area contributed by atoms with Crippen molar-refractivity contribution in [3.8, 4) is 16.9 Å². The number of aromatic carboxylic acids is 1. The number of methoxy groups -OCH3 is 1. The lowest BCUT2D eigenvalue weighted by molar-refractivity contribution is 0.0697.